The molecule has 3 saturated carbocycles. The van der Waals surface area contributed by atoms with Crippen LogP contribution in [-0.2, 0) is 9.59 Å². The minimum Gasteiger partial charge on any atom is -0.479 e. The van der Waals surface area contributed by atoms with E-state index in [2.05, 4.69) is 9.80 Å². The van der Waals surface area contributed by atoms with E-state index in [9.17, 15) is 19.8 Å². The minimum absolute atomic E-state index is 0.116. The Morgan fingerprint density at radius 2 is 1.51 bits per heavy atom. The highest BCUT2D eigenvalue weighted by atomic mass is 16.4. The maximum atomic E-state index is 13.5. The maximum absolute atomic E-state index is 13.5. The molecule has 0 aromatic heterocycles. The fourth-order valence-corrected chi connectivity index (χ4v) is 9.04. The molecule has 5 aliphatic rings. The molecule has 7 nitrogen and oxygen atoms in total. The Hall–Kier alpha value is -1.18. The number of rotatable bonds is 7. The molecule has 0 aromatic rings. The summed E-state index contributed by atoms with van der Waals surface area (Å²) in [5.74, 6) is 1.99. The number of carboxylic acids is 1. The first kappa shape index (κ1) is 27.4. The normalized spacial score (nSPS) is 36.2. The van der Waals surface area contributed by atoms with Gasteiger partial charge in [-0.1, -0.05) is 32.1 Å². The lowest BCUT2D eigenvalue weighted by Gasteiger charge is -2.43. The van der Waals surface area contributed by atoms with Gasteiger partial charge < -0.3 is 20.8 Å². The third-order valence-electron chi connectivity index (χ3n) is 11.3. The molecule has 0 radical (unpaired) electrons. The Labute approximate surface area is 223 Å². The highest BCUT2D eigenvalue weighted by Gasteiger charge is 2.50. The largest absolute Gasteiger partial charge is 0.479 e. The second-order valence-corrected chi connectivity index (χ2v) is 13.4. The number of carbonyl (C=O) groups excluding carboxylic acids is 1. The second-order valence-electron chi connectivity index (χ2n) is 13.4. The van der Waals surface area contributed by atoms with Crippen LogP contribution in [-0.4, -0.2) is 76.3 Å². The van der Waals surface area contributed by atoms with Crippen molar-refractivity contribution in [1.29, 1.82) is 0 Å². The number of carbonyl (C=O) groups is 2. The summed E-state index contributed by atoms with van der Waals surface area (Å²) >= 11 is 0. The summed E-state index contributed by atoms with van der Waals surface area (Å²) in [5.41, 5.74) is 4.32. The summed E-state index contributed by atoms with van der Waals surface area (Å²) in [5, 5.41) is 21.3. The maximum Gasteiger partial charge on any atom is 0.337 e. The standard InChI is InChI=1S/C30H51N3O4/c31-19-21-5-4-6-23(17-21)22-11-14-32(15-12-22)28(34)25-9-10-27-24(18-25)13-16-33(27)20-30(37,29(35)36)26-7-2-1-3-8-26/h21-27,37H,1-20,31H2,(H,35,36). The number of hydrogen-bond donors (Lipinski definition) is 3. The van der Waals surface area contributed by atoms with Gasteiger partial charge in [0.05, 0.1) is 0 Å². The second kappa shape index (κ2) is 11.9. The van der Waals surface area contributed by atoms with E-state index in [1.165, 1.54) is 25.7 Å². The van der Waals surface area contributed by atoms with Crippen molar-refractivity contribution in [2.45, 2.75) is 108 Å². The van der Waals surface area contributed by atoms with Crippen LogP contribution in [0.3, 0.4) is 0 Å². The fourth-order valence-electron chi connectivity index (χ4n) is 9.04. The van der Waals surface area contributed by atoms with Gasteiger partial charge in [-0.25, -0.2) is 4.79 Å². The number of aliphatic hydroxyl groups is 1. The van der Waals surface area contributed by atoms with E-state index in [0.29, 0.717) is 23.8 Å². The average Bonchev–Trinajstić information content (AvgIpc) is 3.34. The first-order chi connectivity index (χ1) is 17.9. The van der Waals surface area contributed by atoms with Gasteiger partial charge in [0.1, 0.15) is 0 Å². The molecule has 0 bridgehead atoms. The molecule has 4 N–H and O–H groups in total. The highest BCUT2D eigenvalue weighted by Crippen LogP contribution is 2.43. The topological polar surface area (TPSA) is 107 Å². The van der Waals surface area contributed by atoms with E-state index in [0.717, 1.165) is 109 Å². The van der Waals surface area contributed by atoms with Crippen LogP contribution < -0.4 is 5.73 Å². The number of hydrogen-bond acceptors (Lipinski definition) is 5. The van der Waals surface area contributed by atoms with Gasteiger partial charge in [0.2, 0.25) is 5.91 Å². The number of piperidine rings is 1. The third kappa shape index (κ3) is 5.89. The van der Waals surface area contributed by atoms with Gasteiger partial charge in [-0.3, -0.25) is 9.69 Å². The average molecular weight is 518 g/mol. The molecule has 1 amide bonds. The molecule has 0 aromatic carbocycles. The highest BCUT2D eigenvalue weighted by molar-refractivity contribution is 5.79. The van der Waals surface area contributed by atoms with E-state index in [4.69, 9.17) is 5.73 Å². The molecule has 7 heteroatoms. The van der Waals surface area contributed by atoms with Crippen LogP contribution in [0.4, 0.5) is 0 Å². The van der Waals surface area contributed by atoms with Crippen molar-refractivity contribution in [3.63, 3.8) is 0 Å². The first-order valence-corrected chi connectivity index (χ1v) is 15.6. The Bertz CT molecular complexity index is 794. The summed E-state index contributed by atoms with van der Waals surface area (Å²) in [6, 6.07) is 0.311. The molecular weight excluding hydrogens is 466 g/mol. The smallest absolute Gasteiger partial charge is 0.337 e. The van der Waals surface area contributed by atoms with Crippen LogP contribution in [0.1, 0.15) is 96.3 Å². The molecule has 6 unspecified atom stereocenters. The van der Waals surface area contributed by atoms with E-state index >= 15 is 0 Å². The van der Waals surface area contributed by atoms with Crippen molar-refractivity contribution in [2.24, 2.45) is 41.2 Å². The van der Waals surface area contributed by atoms with Crippen LogP contribution in [0, 0.1) is 35.5 Å². The molecule has 2 saturated heterocycles. The zero-order valence-corrected chi connectivity index (χ0v) is 22.9. The molecule has 5 fully saturated rings. The van der Waals surface area contributed by atoms with Crippen molar-refractivity contribution in [3.05, 3.63) is 0 Å². The molecule has 2 aliphatic heterocycles. The molecule has 2 heterocycles. The van der Waals surface area contributed by atoms with E-state index in [-0.39, 0.29) is 18.4 Å². The van der Waals surface area contributed by atoms with Gasteiger partial charge in [0.25, 0.3) is 0 Å². The molecule has 0 spiro atoms. The Morgan fingerprint density at radius 3 is 2.22 bits per heavy atom. The molecule has 37 heavy (non-hydrogen) atoms. The van der Waals surface area contributed by atoms with Crippen molar-refractivity contribution >= 4 is 11.9 Å². The number of β-amino-alcohol motifs (C(OH)–C–C–N with tert-alkyl or cyclic N) is 1. The van der Waals surface area contributed by atoms with Gasteiger partial charge in [0, 0.05) is 31.6 Å². The van der Waals surface area contributed by atoms with Gasteiger partial charge in [0.15, 0.2) is 5.60 Å². The van der Waals surface area contributed by atoms with Crippen molar-refractivity contribution in [3.8, 4) is 0 Å². The lowest BCUT2D eigenvalue weighted by molar-refractivity contribution is -0.170. The SMILES string of the molecule is NCC1CCCC(C2CCN(C(=O)C3CCC4C(CCN4CC(O)(C(=O)O)C4CCCCC4)C3)CC2)C1. The lowest BCUT2D eigenvalue weighted by atomic mass is 9.72. The Kier molecular flexibility index (Phi) is 8.82. The number of amides is 1. The summed E-state index contributed by atoms with van der Waals surface area (Å²) in [7, 11) is 0. The lowest BCUT2D eigenvalue weighted by Crippen LogP contribution is -2.56. The fraction of sp³-hybridized carbons (Fsp3) is 0.933. The number of likely N-dealkylation sites (tertiary alicyclic amines) is 2. The number of nitrogens with two attached hydrogens (primary N) is 1. The van der Waals surface area contributed by atoms with Crippen molar-refractivity contribution in [2.75, 3.05) is 32.7 Å². The number of aliphatic carboxylic acids is 1. The van der Waals surface area contributed by atoms with Crippen LogP contribution in [0.25, 0.3) is 0 Å². The molecule has 3 aliphatic carbocycles. The Balaban J connectivity index is 1.12. The van der Waals surface area contributed by atoms with E-state index < -0.39 is 11.6 Å². The first-order valence-electron chi connectivity index (χ1n) is 15.6. The van der Waals surface area contributed by atoms with Gasteiger partial charge in [-0.15, -0.1) is 0 Å². The zero-order chi connectivity index (χ0) is 26.0. The summed E-state index contributed by atoms with van der Waals surface area (Å²) < 4.78 is 0. The quantitative estimate of drug-likeness (QED) is 0.473. The van der Waals surface area contributed by atoms with Crippen molar-refractivity contribution in [1.82, 2.24) is 9.80 Å². The monoisotopic (exact) mass is 517 g/mol. The van der Waals surface area contributed by atoms with E-state index in [1.807, 2.05) is 0 Å². The van der Waals surface area contributed by atoms with Crippen LogP contribution in [0.5, 0.6) is 0 Å². The summed E-state index contributed by atoms with van der Waals surface area (Å²) in [4.78, 5) is 30.1. The predicted molar refractivity (Wildman–Crippen MR) is 144 cm³/mol. The number of nitrogens with zero attached hydrogens (tertiary/aromatic N) is 2. The van der Waals surface area contributed by atoms with E-state index in [1.54, 1.807) is 0 Å². The molecule has 6 atom stereocenters. The third-order valence-corrected chi connectivity index (χ3v) is 11.3. The van der Waals surface area contributed by atoms with Gasteiger partial charge >= 0.3 is 5.97 Å². The van der Waals surface area contributed by atoms with Crippen LogP contribution in [0.2, 0.25) is 0 Å². The van der Waals surface area contributed by atoms with Crippen LogP contribution in [0.15, 0.2) is 0 Å². The number of fused-ring (bicyclic) bond motifs is 1. The number of carboxylic acid groups (broad SMARTS) is 1. The van der Waals surface area contributed by atoms with Gasteiger partial charge in [-0.2, -0.15) is 0 Å². The van der Waals surface area contributed by atoms with Gasteiger partial charge in [-0.05, 0) is 107 Å². The van der Waals surface area contributed by atoms with Crippen molar-refractivity contribution < 1.29 is 19.8 Å². The van der Waals surface area contributed by atoms with Crippen LogP contribution >= 0.6 is 0 Å². The zero-order valence-electron chi connectivity index (χ0n) is 22.9. The molecule has 5 rings (SSSR count). The Morgan fingerprint density at radius 1 is 0.784 bits per heavy atom. The molecular formula is C30H51N3O4. The predicted octanol–water partition coefficient (Wildman–Crippen LogP) is 3.88. The summed E-state index contributed by atoms with van der Waals surface area (Å²) in [6.07, 6.45) is 16.1. The minimum atomic E-state index is -1.64. The summed E-state index contributed by atoms with van der Waals surface area (Å²) in [6.45, 7) is 3.74. The molecule has 210 valence electrons.